The van der Waals surface area contributed by atoms with Gasteiger partial charge in [0.1, 0.15) is 15.8 Å². The van der Waals surface area contributed by atoms with E-state index < -0.39 is 0 Å². The highest BCUT2D eigenvalue weighted by Gasteiger charge is 2.03. The Morgan fingerprint density at radius 2 is 2.07 bits per heavy atom. The van der Waals surface area contributed by atoms with Crippen molar-refractivity contribution in [1.29, 1.82) is 0 Å². The molecule has 0 saturated heterocycles. The lowest BCUT2D eigenvalue weighted by Crippen LogP contribution is -2.20. The van der Waals surface area contributed by atoms with Gasteiger partial charge in [-0.15, -0.1) is 0 Å². The molecule has 78 valence electrons. The summed E-state index contributed by atoms with van der Waals surface area (Å²) in [5, 5.41) is 2.60. The third-order valence-corrected chi connectivity index (χ3v) is 3.82. The molecule has 1 aromatic rings. The van der Waals surface area contributed by atoms with Crippen LogP contribution in [-0.2, 0) is 0 Å². The van der Waals surface area contributed by atoms with Crippen molar-refractivity contribution in [3.8, 4) is 0 Å². The lowest BCUT2D eigenvalue weighted by molar-refractivity contribution is 0.112. The minimum Gasteiger partial charge on any atom is -0.298 e. The highest BCUT2D eigenvalue weighted by Crippen LogP contribution is 2.02. The van der Waals surface area contributed by atoms with Crippen LogP contribution in [0.2, 0.25) is 0 Å². The first-order chi connectivity index (χ1) is 7.31. The summed E-state index contributed by atoms with van der Waals surface area (Å²) in [4.78, 5) is 10.8. The molecule has 0 aliphatic heterocycles. The molecule has 0 spiro atoms. The summed E-state index contributed by atoms with van der Waals surface area (Å²) in [5.41, 5.74) is 0.825. The van der Waals surface area contributed by atoms with Crippen molar-refractivity contribution < 1.29 is 4.79 Å². The monoisotopic (exact) mass is 216 g/mol. The van der Waals surface area contributed by atoms with Crippen LogP contribution in [0.5, 0.6) is 0 Å². The van der Waals surface area contributed by atoms with Gasteiger partial charge in [0.2, 0.25) is 0 Å². The van der Waals surface area contributed by atoms with Gasteiger partial charge in [-0.25, -0.2) is 0 Å². The fraction of sp³-hybridized carbons (Fsp3) is 0.308. The zero-order chi connectivity index (χ0) is 11.1. The van der Waals surface area contributed by atoms with Crippen molar-refractivity contribution in [3.63, 3.8) is 0 Å². The van der Waals surface area contributed by atoms with E-state index in [2.05, 4.69) is 19.9 Å². The van der Waals surface area contributed by atoms with Crippen LogP contribution in [-0.4, -0.2) is 15.8 Å². The average Bonchev–Trinajstić information content (AvgIpc) is 2.29. The Morgan fingerprint density at radius 3 is 2.67 bits per heavy atom. The summed E-state index contributed by atoms with van der Waals surface area (Å²) in [6, 6.07) is 7.83. The molecular formula is C13H16OSi. The fourth-order valence-corrected chi connectivity index (χ4v) is 2.71. The summed E-state index contributed by atoms with van der Waals surface area (Å²) in [5.74, 6) is 0. The van der Waals surface area contributed by atoms with Crippen molar-refractivity contribution in [2.75, 3.05) is 0 Å². The van der Waals surface area contributed by atoms with Crippen molar-refractivity contribution in [2.24, 2.45) is 0 Å². The van der Waals surface area contributed by atoms with Gasteiger partial charge in [0.05, 0.1) is 0 Å². The molecule has 0 saturated carbocycles. The van der Waals surface area contributed by atoms with Crippen LogP contribution in [0.25, 0.3) is 0 Å². The molecule has 0 aliphatic carbocycles. The Hall–Kier alpha value is -1.15. The summed E-state index contributed by atoms with van der Waals surface area (Å²) in [7, 11) is 0.638. The van der Waals surface area contributed by atoms with Gasteiger partial charge in [-0.3, -0.25) is 4.79 Å². The van der Waals surface area contributed by atoms with Crippen LogP contribution < -0.4 is 5.19 Å². The third kappa shape index (κ3) is 3.48. The molecule has 1 nitrogen and oxygen atoms in total. The van der Waals surface area contributed by atoms with Crippen LogP contribution in [0, 0.1) is 0 Å². The standard InChI is InChI=1S/C13H16OSi/c1-3-7-12(4-2)15-13-9-6-5-8-11(13)10-14/h5-10H,3-4H2,1-2H3/b12-7+. The number of benzene rings is 1. The van der Waals surface area contributed by atoms with Gasteiger partial charge in [-0.05, 0) is 18.0 Å². The van der Waals surface area contributed by atoms with Crippen molar-refractivity contribution >= 4 is 21.0 Å². The van der Waals surface area contributed by atoms with Gasteiger partial charge in [-0.2, -0.15) is 0 Å². The molecule has 1 rings (SSSR count). The number of hydrogen-bond acceptors (Lipinski definition) is 1. The van der Waals surface area contributed by atoms with E-state index in [1.807, 2.05) is 24.3 Å². The first-order valence-electron chi connectivity index (χ1n) is 5.32. The molecule has 0 atom stereocenters. The maximum Gasteiger partial charge on any atom is 0.149 e. The minimum absolute atomic E-state index is 0.638. The molecule has 0 aromatic heterocycles. The predicted molar refractivity (Wildman–Crippen MR) is 65.9 cm³/mol. The van der Waals surface area contributed by atoms with Crippen LogP contribution in [0.3, 0.4) is 0 Å². The van der Waals surface area contributed by atoms with E-state index in [4.69, 9.17) is 0 Å². The Kier molecular flexibility index (Phi) is 5.05. The Bertz CT molecular complexity index is 355. The quantitative estimate of drug-likeness (QED) is 0.546. The van der Waals surface area contributed by atoms with E-state index in [1.54, 1.807) is 0 Å². The van der Waals surface area contributed by atoms with Crippen LogP contribution >= 0.6 is 0 Å². The molecule has 0 amide bonds. The zero-order valence-electron chi connectivity index (χ0n) is 9.29. The number of allylic oxidation sites excluding steroid dienone is 2. The normalized spacial score (nSPS) is 11.5. The van der Waals surface area contributed by atoms with Crippen LogP contribution in [0.15, 0.2) is 35.5 Å². The highest BCUT2D eigenvalue weighted by atomic mass is 28.2. The molecule has 0 fully saturated rings. The average molecular weight is 216 g/mol. The topological polar surface area (TPSA) is 17.1 Å². The molecule has 0 N–H and O–H groups in total. The Labute approximate surface area is 94.0 Å². The molecule has 0 unspecified atom stereocenters. The number of carbonyl (C=O) groups is 1. The second kappa shape index (κ2) is 6.35. The van der Waals surface area contributed by atoms with E-state index >= 15 is 0 Å². The second-order valence-corrected chi connectivity index (χ2v) is 4.75. The number of rotatable bonds is 5. The number of carbonyl (C=O) groups excluding carboxylic acids is 1. The minimum atomic E-state index is 0.638. The van der Waals surface area contributed by atoms with Gasteiger partial charge in [-0.1, -0.05) is 49.4 Å². The molecule has 2 radical (unpaired) electrons. The molecular weight excluding hydrogens is 200 g/mol. The molecule has 15 heavy (non-hydrogen) atoms. The first kappa shape index (κ1) is 11.9. The van der Waals surface area contributed by atoms with E-state index in [-0.39, 0.29) is 0 Å². The van der Waals surface area contributed by atoms with Crippen LogP contribution in [0.4, 0.5) is 0 Å². The van der Waals surface area contributed by atoms with Crippen molar-refractivity contribution in [2.45, 2.75) is 26.7 Å². The van der Waals surface area contributed by atoms with Gasteiger partial charge < -0.3 is 0 Å². The van der Waals surface area contributed by atoms with Crippen molar-refractivity contribution in [3.05, 3.63) is 41.1 Å². The molecule has 0 heterocycles. The van der Waals surface area contributed by atoms with E-state index in [1.165, 1.54) is 5.20 Å². The second-order valence-electron chi connectivity index (χ2n) is 3.32. The highest BCUT2D eigenvalue weighted by molar-refractivity contribution is 6.62. The Balaban J connectivity index is 2.87. The summed E-state index contributed by atoms with van der Waals surface area (Å²) in [6.07, 6.45) is 5.35. The predicted octanol–water partition coefficient (Wildman–Crippen LogP) is 2.53. The number of hydrogen-bond donors (Lipinski definition) is 0. The fourth-order valence-electron chi connectivity index (χ4n) is 1.42. The van der Waals surface area contributed by atoms with Crippen LogP contribution in [0.1, 0.15) is 37.0 Å². The summed E-state index contributed by atoms with van der Waals surface area (Å²) < 4.78 is 0. The van der Waals surface area contributed by atoms with E-state index in [0.717, 1.165) is 29.9 Å². The van der Waals surface area contributed by atoms with Crippen molar-refractivity contribution in [1.82, 2.24) is 0 Å². The van der Waals surface area contributed by atoms with Gasteiger partial charge in [0.15, 0.2) is 0 Å². The largest absolute Gasteiger partial charge is 0.298 e. The lowest BCUT2D eigenvalue weighted by Gasteiger charge is -2.05. The van der Waals surface area contributed by atoms with E-state index in [9.17, 15) is 4.79 Å². The smallest absolute Gasteiger partial charge is 0.149 e. The van der Waals surface area contributed by atoms with E-state index in [0.29, 0.717) is 9.52 Å². The molecule has 2 heteroatoms. The number of aldehydes is 1. The molecule has 0 bridgehead atoms. The zero-order valence-corrected chi connectivity index (χ0v) is 10.3. The summed E-state index contributed by atoms with van der Waals surface area (Å²) in [6.45, 7) is 4.31. The van der Waals surface area contributed by atoms with Gasteiger partial charge >= 0.3 is 0 Å². The maximum absolute atomic E-state index is 10.8. The Morgan fingerprint density at radius 1 is 1.33 bits per heavy atom. The molecule has 0 aliphatic rings. The lowest BCUT2D eigenvalue weighted by atomic mass is 10.2. The van der Waals surface area contributed by atoms with Gasteiger partial charge in [0, 0.05) is 5.56 Å². The maximum atomic E-state index is 10.8. The van der Waals surface area contributed by atoms with Gasteiger partial charge in [0.25, 0.3) is 0 Å². The third-order valence-electron chi connectivity index (χ3n) is 2.21. The summed E-state index contributed by atoms with van der Waals surface area (Å²) >= 11 is 0. The first-order valence-corrected chi connectivity index (χ1v) is 6.32. The molecule has 1 aromatic carbocycles. The SMILES string of the molecule is CC/C=C(\CC)[Si]c1ccccc1C=O.